The molecule has 2 amide bonds. The van der Waals surface area contributed by atoms with Crippen LogP contribution in [0.2, 0.25) is 0 Å². The molecule has 1 N–H and O–H groups in total. The Kier molecular flexibility index (Phi) is 8.54. The predicted octanol–water partition coefficient (Wildman–Crippen LogP) is 1.67. The van der Waals surface area contributed by atoms with E-state index in [1.807, 2.05) is 38.1 Å². The first-order chi connectivity index (χ1) is 13.0. The lowest BCUT2D eigenvalue weighted by molar-refractivity contribution is -0.121. The molecule has 27 heavy (non-hydrogen) atoms. The predicted molar refractivity (Wildman–Crippen MR) is 105 cm³/mol. The van der Waals surface area contributed by atoms with Gasteiger partial charge >= 0.3 is 0 Å². The molecule has 1 aromatic carbocycles. The number of ether oxygens (including phenoxy) is 2. The van der Waals surface area contributed by atoms with Gasteiger partial charge in [0.05, 0.1) is 19.3 Å². The van der Waals surface area contributed by atoms with E-state index in [4.69, 9.17) is 9.47 Å². The summed E-state index contributed by atoms with van der Waals surface area (Å²) in [5.74, 6) is 0.626. The Hall–Kier alpha value is -2.12. The summed E-state index contributed by atoms with van der Waals surface area (Å²) in [6.07, 6.45) is 0.369. The zero-order valence-electron chi connectivity index (χ0n) is 16.6. The molecule has 0 atom stereocenters. The molecule has 1 aliphatic rings. The molecule has 0 radical (unpaired) electrons. The van der Waals surface area contributed by atoms with Gasteiger partial charge in [0.25, 0.3) is 0 Å². The van der Waals surface area contributed by atoms with Crippen LogP contribution in [0, 0.1) is 0 Å². The summed E-state index contributed by atoms with van der Waals surface area (Å²) in [5.41, 5.74) is 0.764. The number of carbonyl (C=O) groups excluding carboxylic acids is 2. The lowest BCUT2D eigenvalue weighted by Gasteiger charge is -2.26. The molecule has 2 rings (SSSR count). The van der Waals surface area contributed by atoms with Gasteiger partial charge in [-0.05, 0) is 38.1 Å². The van der Waals surface area contributed by atoms with E-state index in [1.54, 1.807) is 4.90 Å². The Morgan fingerprint density at radius 3 is 2.48 bits per heavy atom. The zero-order chi connectivity index (χ0) is 19.6. The third-order valence-electron chi connectivity index (χ3n) is 4.32. The number of hydrogen-bond acceptors (Lipinski definition) is 5. The second-order valence-electron chi connectivity index (χ2n) is 6.89. The highest BCUT2D eigenvalue weighted by Crippen LogP contribution is 2.20. The molecule has 1 saturated heterocycles. The normalized spacial score (nSPS) is 14.8. The van der Waals surface area contributed by atoms with Crippen molar-refractivity contribution in [3.63, 3.8) is 0 Å². The van der Waals surface area contributed by atoms with Gasteiger partial charge in [0, 0.05) is 51.8 Å². The van der Waals surface area contributed by atoms with Crippen LogP contribution >= 0.6 is 0 Å². The van der Waals surface area contributed by atoms with Crippen molar-refractivity contribution in [2.45, 2.75) is 33.3 Å². The van der Waals surface area contributed by atoms with Gasteiger partial charge in [-0.1, -0.05) is 0 Å². The minimum absolute atomic E-state index is 0.0470. The second kappa shape index (κ2) is 10.9. The van der Waals surface area contributed by atoms with E-state index in [0.717, 1.165) is 44.3 Å². The zero-order valence-corrected chi connectivity index (χ0v) is 16.6. The Labute approximate surface area is 161 Å². The molecule has 150 valence electrons. The van der Waals surface area contributed by atoms with Gasteiger partial charge in [0.1, 0.15) is 5.75 Å². The van der Waals surface area contributed by atoms with Crippen molar-refractivity contribution in [2.75, 3.05) is 50.8 Å². The van der Waals surface area contributed by atoms with E-state index in [1.165, 1.54) is 6.92 Å². The fraction of sp³-hybridized carbons (Fsp3) is 0.600. The average Bonchev–Trinajstić information content (AvgIpc) is 2.63. The minimum Gasteiger partial charge on any atom is -0.491 e. The lowest BCUT2D eigenvalue weighted by Crippen LogP contribution is -2.42. The van der Waals surface area contributed by atoms with Gasteiger partial charge in [-0.2, -0.15) is 0 Å². The SMILES string of the molecule is CC(=O)N(CCC(=O)NCCN1CCOCC1)c1ccc(OC(C)C)cc1. The van der Waals surface area contributed by atoms with Crippen LogP contribution in [-0.2, 0) is 14.3 Å². The van der Waals surface area contributed by atoms with Gasteiger partial charge in [-0.3, -0.25) is 14.5 Å². The van der Waals surface area contributed by atoms with Gasteiger partial charge in [-0.25, -0.2) is 0 Å². The summed E-state index contributed by atoms with van der Waals surface area (Å²) >= 11 is 0. The van der Waals surface area contributed by atoms with Crippen LogP contribution < -0.4 is 15.0 Å². The number of morpholine rings is 1. The quantitative estimate of drug-likeness (QED) is 0.709. The molecule has 7 nitrogen and oxygen atoms in total. The van der Waals surface area contributed by atoms with Crippen LogP contribution in [0.1, 0.15) is 27.2 Å². The molecule has 7 heteroatoms. The number of benzene rings is 1. The Morgan fingerprint density at radius 2 is 1.89 bits per heavy atom. The van der Waals surface area contributed by atoms with E-state index in [-0.39, 0.29) is 24.3 Å². The van der Waals surface area contributed by atoms with Crippen molar-refractivity contribution >= 4 is 17.5 Å². The third-order valence-corrected chi connectivity index (χ3v) is 4.32. The Morgan fingerprint density at radius 1 is 1.22 bits per heavy atom. The maximum atomic E-state index is 12.1. The average molecular weight is 377 g/mol. The number of anilines is 1. The van der Waals surface area contributed by atoms with Crippen LogP contribution in [0.25, 0.3) is 0 Å². The molecule has 1 heterocycles. The summed E-state index contributed by atoms with van der Waals surface area (Å²) < 4.78 is 10.9. The largest absolute Gasteiger partial charge is 0.491 e. The summed E-state index contributed by atoms with van der Waals surface area (Å²) in [7, 11) is 0. The topological polar surface area (TPSA) is 71.1 Å². The van der Waals surface area contributed by atoms with Gasteiger partial charge < -0.3 is 19.7 Å². The maximum absolute atomic E-state index is 12.1. The number of carbonyl (C=O) groups is 2. The molecule has 1 fully saturated rings. The molecule has 0 aromatic heterocycles. The third kappa shape index (κ3) is 7.56. The van der Waals surface area contributed by atoms with Crippen molar-refractivity contribution in [3.8, 4) is 5.75 Å². The van der Waals surface area contributed by atoms with Gasteiger partial charge in [0.15, 0.2) is 0 Å². The fourth-order valence-electron chi connectivity index (χ4n) is 2.93. The standard InChI is InChI=1S/C20H31N3O4/c1-16(2)27-19-6-4-18(5-7-19)23(17(3)24)10-8-20(25)21-9-11-22-12-14-26-15-13-22/h4-7,16H,8-15H2,1-3H3,(H,21,25). The lowest BCUT2D eigenvalue weighted by atomic mass is 10.2. The maximum Gasteiger partial charge on any atom is 0.223 e. The molecular formula is C20H31N3O4. The molecule has 0 unspecified atom stereocenters. The van der Waals surface area contributed by atoms with Crippen molar-refractivity contribution in [1.29, 1.82) is 0 Å². The number of nitrogens with zero attached hydrogens (tertiary/aromatic N) is 2. The highest BCUT2D eigenvalue weighted by Gasteiger charge is 2.14. The van der Waals surface area contributed by atoms with E-state index >= 15 is 0 Å². The summed E-state index contributed by atoms with van der Waals surface area (Å²) in [6, 6.07) is 7.37. The number of rotatable bonds is 9. The van der Waals surface area contributed by atoms with Gasteiger partial charge in [-0.15, -0.1) is 0 Å². The monoisotopic (exact) mass is 377 g/mol. The molecule has 1 aliphatic heterocycles. The van der Waals surface area contributed by atoms with Crippen LogP contribution in [0.15, 0.2) is 24.3 Å². The van der Waals surface area contributed by atoms with Crippen molar-refractivity contribution in [1.82, 2.24) is 10.2 Å². The van der Waals surface area contributed by atoms with Crippen molar-refractivity contribution in [2.24, 2.45) is 0 Å². The van der Waals surface area contributed by atoms with Crippen LogP contribution in [0.3, 0.4) is 0 Å². The van der Waals surface area contributed by atoms with E-state index in [0.29, 0.717) is 13.1 Å². The van der Waals surface area contributed by atoms with E-state index in [9.17, 15) is 9.59 Å². The molecular weight excluding hydrogens is 346 g/mol. The van der Waals surface area contributed by atoms with E-state index < -0.39 is 0 Å². The molecule has 0 aliphatic carbocycles. The summed E-state index contributed by atoms with van der Waals surface area (Å²) in [4.78, 5) is 28.0. The van der Waals surface area contributed by atoms with Crippen molar-refractivity contribution < 1.29 is 19.1 Å². The molecule has 0 saturated carbocycles. The molecule has 0 bridgehead atoms. The summed E-state index contributed by atoms with van der Waals surface area (Å²) in [6.45, 7) is 10.5. The summed E-state index contributed by atoms with van der Waals surface area (Å²) in [5, 5.41) is 2.93. The highest BCUT2D eigenvalue weighted by atomic mass is 16.5. The fourth-order valence-corrected chi connectivity index (χ4v) is 2.93. The molecule has 0 spiro atoms. The second-order valence-corrected chi connectivity index (χ2v) is 6.89. The minimum atomic E-state index is -0.0892. The highest BCUT2D eigenvalue weighted by molar-refractivity contribution is 5.92. The molecule has 1 aromatic rings. The Balaban J connectivity index is 1.77. The first kappa shape index (κ1) is 21.2. The number of hydrogen-bond donors (Lipinski definition) is 1. The smallest absolute Gasteiger partial charge is 0.223 e. The van der Waals surface area contributed by atoms with Crippen molar-refractivity contribution in [3.05, 3.63) is 24.3 Å². The van der Waals surface area contributed by atoms with Crippen LogP contribution in [0.5, 0.6) is 5.75 Å². The Bertz CT molecular complexity index is 598. The number of amides is 2. The van der Waals surface area contributed by atoms with E-state index in [2.05, 4.69) is 10.2 Å². The van der Waals surface area contributed by atoms with Crippen LogP contribution in [0.4, 0.5) is 5.69 Å². The number of nitrogens with one attached hydrogen (secondary N) is 1. The first-order valence-electron chi connectivity index (χ1n) is 9.57. The first-order valence-corrected chi connectivity index (χ1v) is 9.57. The van der Waals surface area contributed by atoms with Gasteiger partial charge in [0.2, 0.25) is 11.8 Å². The van der Waals surface area contributed by atoms with Crippen LogP contribution in [-0.4, -0.2) is 68.8 Å².